The highest BCUT2D eigenvalue weighted by atomic mass is 79.9. The molecule has 6 aromatic heterocycles. The number of carbonyl (C=O) groups excluding carboxylic acids is 1. The van der Waals surface area contributed by atoms with Crippen molar-refractivity contribution >= 4 is 210 Å². The molecule has 0 radical (unpaired) electrons. The topological polar surface area (TPSA) is 513 Å². The van der Waals surface area contributed by atoms with Crippen molar-refractivity contribution in [3.63, 3.8) is 0 Å². The molecule has 0 aliphatic rings. The Kier molecular flexibility index (Phi) is 31.8. The summed E-state index contributed by atoms with van der Waals surface area (Å²) in [5.41, 5.74) is 7.97. The Hall–Kier alpha value is -18.7. The van der Waals surface area contributed by atoms with Gasteiger partial charge < -0.3 is 45.2 Å². The number of nitrogens with zero attached hydrogens (tertiary/aromatic N) is 12. The number of hydrogen-bond donors (Lipinski definition) is 7. The number of phenols is 7. The monoisotopic (exact) mass is 2010 g/mol. The van der Waals surface area contributed by atoms with Crippen LogP contribution in [0.25, 0.3) is 126 Å². The minimum Gasteiger partial charge on any atom is -0.507 e. The van der Waals surface area contributed by atoms with Crippen LogP contribution in [-0.2, 0) is 0 Å². The SMILES string of the molecule is COc1ccc([N+](=O)[O-])cc1/C=C/c1ccc2cccc(O)c2n1.O=C(Oc1c(Br)cc(Br)c2cccnc12)c1cccc([N+](=O)[O-])c1.O=[N+]([O-])c1cc(/C=C/c2ccc3cccc(O)c3n2)ccc1Cl.O=[N+]([O-])c1cc(/C=C/c2ccc3cccc(O)c3n2)ccc1O.O=[N+]([O-])c1ccc(O)c(/C=C/c2ccc3cccc(O)c3n2)c1.O=[N+]([O-])c1ccccc1/C=C/c1ccc2cccc(O)c2n1. The first-order valence-electron chi connectivity index (χ1n) is 40.8. The minimum atomic E-state index is -0.700. The first-order chi connectivity index (χ1) is 66.8. The quantitative estimate of drug-likeness (QED) is 0.0171. The van der Waals surface area contributed by atoms with Crippen LogP contribution in [0.2, 0.25) is 5.02 Å². The number of nitro benzene ring substituents is 6. The smallest absolute Gasteiger partial charge is 0.343 e. The van der Waals surface area contributed by atoms with E-state index in [1.165, 1.54) is 98.1 Å². The lowest BCUT2D eigenvalue weighted by atomic mass is 10.1. The molecule has 34 nitrogen and oxygen atoms in total. The second-order valence-electron chi connectivity index (χ2n) is 29.3. The summed E-state index contributed by atoms with van der Waals surface area (Å²) in [5, 5.41) is 139. The number of para-hydroxylation sites is 6. The van der Waals surface area contributed by atoms with E-state index in [0.717, 1.165) is 36.8 Å². The number of nitro groups is 6. The summed E-state index contributed by atoms with van der Waals surface area (Å²) in [4.78, 5) is 100. The standard InChI is InChI=1S/C18H14N2O4.C17H11ClN2O3.2C17H12N2O4.C17H12N2O3.C16H8Br2N2O4/c1-24-17-10-9-15(20(22)23)11-13(17)6-8-14-7-5-12-3-2-4-16(21)18(12)19-14;18-14-9-5-11(10-15(14)20(22)23)4-7-13-8-6-12-2-1-3-16(21)17(12)19-13;20-15-9-5-11(10-14(15)19(22)23)4-7-13-8-6-12-2-1-3-16(21)17(12)18-13;20-15-9-8-14(19(22)23)10-12(15)5-7-13-6-4-11-2-1-3-16(21)17(11)18-13;20-16-7-3-5-13-9-11-14(18-17(13)16)10-8-12-4-1-2-6-15(12)19(21)22;17-12-8-13(18)15(14-11(12)5-2-6-19-14)24-16(21)9-3-1-4-10(7-9)20(22)23/h2-11,21H,1H3;1-10,21H;2*1-10,20-21H;1-11,20H;1-8H/b8-6+;2*7-4+;7-5+;10-8+;. The maximum absolute atomic E-state index is 12.4. The van der Waals surface area contributed by atoms with E-state index in [2.05, 4.69) is 61.8 Å². The van der Waals surface area contributed by atoms with Crippen LogP contribution in [0.1, 0.15) is 66.6 Å². The van der Waals surface area contributed by atoms with Crippen molar-refractivity contribution in [2.75, 3.05) is 7.11 Å². The fourth-order valence-corrected chi connectivity index (χ4v) is 14.9. The second kappa shape index (κ2) is 45.2. The third-order valence-electron chi connectivity index (χ3n) is 20.2. The lowest BCUT2D eigenvalue weighted by molar-refractivity contribution is -0.385. The minimum absolute atomic E-state index is 0.0143. The number of non-ortho nitro benzene ring substituents is 3. The Morgan fingerprint density at radius 2 is 0.712 bits per heavy atom. The third-order valence-corrected chi connectivity index (χ3v) is 21.7. The molecule has 12 aromatic carbocycles. The van der Waals surface area contributed by atoms with Gasteiger partial charge in [0.1, 0.15) is 78.4 Å². The molecule has 0 spiro atoms. The molecule has 0 aliphatic carbocycles. The molecule has 0 bridgehead atoms. The number of methoxy groups -OCH3 is 1. The van der Waals surface area contributed by atoms with Gasteiger partial charge >= 0.3 is 11.7 Å². The van der Waals surface area contributed by atoms with E-state index in [9.17, 15) is 101 Å². The third kappa shape index (κ3) is 25.2. The number of esters is 1. The number of halogens is 3. The number of aromatic hydroxyl groups is 7. The summed E-state index contributed by atoms with van der Waals surface area (Å²) < 4.78 is 12.0. The van der Waals surface area contributed by atoms with Crippen LogP contribution in [0, 0.1) is 60.7 Å². The number of fused-ring (bicyclic) bond motifs is 6. The normalized spacial score (nSPS) is 11.0. The molecule has 6 heterocycles. The average molecular weight is 2010 g/mol. The first-order valence-corrected chi connectivity index (χ1v) is 42.8. The van der Waals surface area contributed by atoms with E-state index in [-0.39, 0.29) is 90.7 Å². The van der Waals surface area contributed by atoms with E-state index < -0.39 is 35.5 Å². The fraction of sp³-hybridized carbons (Fsp3) is 0.00980. The highest BCUT2D eigenvalue weighted by Gasteiger charge is 2.22. The Bertz CT molecular complexity index is 7880. The second-order valence-corrected chi connectivity index (χ2v) is 31.4. The van der Waals surface area contributed by atoms with Gasteiger partial charge in [0.15, 0.2) is 11.5 Å². The molecule has 0 saturated carbocycles. The molecular formula is C102H69Br2ClN12O22. The van der Waals surface area contributed by atoms with E-state index in [1.807, 2.05) is 78.9 Å². The van der Waals surface area contributed by atoms with E-state index in [1.54, 1.807) is 188 Å². The highest BCUT2D eigenvalue weighted by Crippen LogP contribution is 2.40. The summed E-state index contributed by atoms with van der Waals surface area (Å²) in [7, 11) is 1.50. The van der Waals surface area contributed by atoms with Gasteiger partial charge in [0.25, 0.3) is 28.4 Å². The number of pyridine rings is 6. The van der Waals surface area contributed by atoms with Crippen molar-refractivity contribution in [3.05, 3.63) is 434 Å². The van der Waals surface area contributed by atoms with Gasteiger partial charge in [0, 0.05) is 109 Å². The van der Waals surface area contributed by atoms with Crippen LogP contribution >= 0.6 is 43.5 Å². The van der Waals surface area contributed by atoms with Gasteiger partial charge in [-0.15, -0.1) is 0 Å². The number of benzene rings is 12. The van der Waals surface area contributed by atoms with Crippen LogP contribution in [0.15, 0.2) is 306 Å². The zero-order valence-electron chi connectivity index (χ0n) is 71.8. The molecule has 0 atom stereocenters. The van der Waals surface area contributed by atoms with Gasteiger partial charge in [-0.25, -0.2) is 29.7 Å². The van der Waals surface area contributed by atoms with Crippen LogP contribution < -0.4 is 9.47 Å². The van der Waals surface area contributed by atoms with Gasteiger partial charge in [-0.2, -0.15) is 0 Å². The lowest BCUT2D eigenvalue weighted by Gasteiger charge is -2.10. The number of ether oxygens (including phenoxy) is 2. The summed E-state index contributed by atoms with van der Waals surface area (Å²) in [5.74, 6) is 0.152. The van der Waals surface area contributed by atoms with Crippen molar-refractivity contribution in [2.45, 2.75) is 0 Å². The largest absolute Gasteiger partial charge is 0.507 e. The van der Waals surface area contributed by atoms with Gasteiger partial charge in [0.2, 0.25) is 0 Å². The number of aromatic nitrogens is 6. The number of hydrogen-bond acceptors (Lipinski definition) is 28. The predicted molar refractivity (Wildman–Crippen MR) is 537 cm³/mol. The van der Waals surface area contributed by atoms with Gasteiger partial charge in [-0.3, -0.25) is 65.7 Å². The molecule has 139 heavy (non-hydrogen) atoms. The predicted octanol–water partition coefficient (Wildman–Crippen LogP) is 25.1. The summed E-state index contributed by atoms with van der Waals surface area (Å²) in [6, 6.07) is 78.1. The van der Waals surface area contributed by atoms with Gasteiger partial charge in [-0.1, -0.05) is 167 Å². The Morgan fingerprint density at radius 3 is 1.16 bits per heavy atom. The first kappa shape index (κ1) is 97.8. The van der Waals surface area contributed by atoms with E-state index in [0.29, 0.717) is 99.6 Å². The molecule has 0 amide bonds. The zero-order chi connectivity index (χ0) is 99.1. The Morgan fingerprint density at radius 1 is 0.324 bits per heavy atom. The van der Waals surface area contributed by atoms with Crippen molar-refractivity contribution in [2.24, 2.45) is 0 Å². The molecule has 0 unspecified atom stereocenters. The maximum Gasteiger partial charge on any atom is 0.343 e. The number of phenolic OH excluding ortho intramolecular Hbond substituents is 7. The van der Waals surface area contributed by atoms with Crippen molar-refractivity contribution in [3.8, 4) is 51.7 Å². The zero-order valence-corrected chi connectivity index (χ0v) is 75.7. The maximum atomic E-state index is 12.4. The van der Waals surface area contributed by atoms with Crippen molar-refractivity contribution in [1.29, 1.82) is 0 Å². The van der Waals surface area contributed by atoms with Crippen LogP contribution in [0.3, 0.4) is 0 Å². The number of carbonyl (C=O) groups is 1. The molecule has 37 heteroatoms. The number of rotatable bonds is 19. The van der Waals surface area contributed by atoms with Crippen molar-refractivity contribution < 1.29 is 79.6 Å². The Labute approximate surface area is 806 Å². The van der Waals surface area contributed by atoms with Gasteiger partial charge in [0.05, 0.1) is 80.7 Å². The molecule has 690 valence electrons. The molecule has 0 fully saturated rings. The molecular weight excluding hydrogens is 1940 g/mol. The fourth-order valence-electron chi connectivity index (χ4n) is 13.3. The molecule has 18 rings (SSSR count). The van der Waals surface area contributed by atoms with E-state index >= 15 is 0 Å². The Balaban J connectivity index is 0.000000141. The van der Waals surface area contributed by atoms with E-state index in [4.69, 9.17) is 21.1 Å². The average Bonchev–Trinajstić information content (AvgIpc) is 0.797. The molecule has 7 N–H and O–H groups in total. The van der Waals surface area contributed by atoms with Crippen LogP contribution in [0.5, 0.6) is 51.7 Å². The van der Waals surface area contributed by atoms with Crippen LogP contribution in [-0.4, -0.2) is 108 Å². The molecule has 0 aliphatic heterocycles. The summed E-state index contributed by atoms with van der Waals surface area (Å²) in [6.45, 7) is 0. The van der Waals surface area contributed by atoms with Crippen LogP contribution in [0.4, 0.5) is 34.1 Å². The van der Waals surface area contributed by atoms with Gasteiger partial charge in [-0.05, 0) is 185 Å². The van der Waals surface area contributed by atoms with Crippen molar-refractivity contribution in [1.82, 2.24) is 29.9 Å². The molecule has 0 saturated heterocycles. The molecule has 18 aromatic rings. The lowest BCUT2D eigenvalue weighted by Crippen LogP contribution is -2.10. The summed E-state index contributed by atoms with van der Waals surface area (Å²) in [6.07, 6.45) is 18.2. The summed E-state index contributed by atoms with van der Waals surface area (Å²) >= 11 is 12.6. The highest BCUT2D eigenvalue weighted by molar-refractivity contribution is 9.11.